The summed E-state index contributed by atoms with van der Waals surface area (Å²) in [6.45, 7) is 4.22. The second-order valence-electron chi connectivity index (χ2n) is 4.26. The minimum atomic E-state index is -1.05. The maximum absolute atomic E-state index is 11.5. The van der Waals surface area contributed by atoms with Crippen molar-refractivity contribution >= 4 is 12.1 Å². The summed E-state index contributed by atoms with van der Waals surface area (Å²) in [5, 5.41) is 15.5. The van der Waals surface area contributed by atoms with Gasteiger partial charge in [0.2, 0.25) is 0 Å². The fourth-order valence-electron chi connectivity index (χ4n) is 1.90. The summed E-state index contributed by atoms with van der Waals surface area (Å²) in [6.07, 6.45) is 3.56. The van der Waals surface area contributed by atoms with Gasteiger partial charge in [0.15, 0.2) is 0 Å². The molecule has 1 amide bonds. The van der Waals surface area contributed by atoms with E-state index in [9.17, 15) is 9.59 Å². The number of carbonyl (C=O) groups excluding carboxylic acids is 1. The van der Waals surface area contributed by atoms with Crippen molar-refractivity contribution in [3.05, 3.63) is 30.6 Å². The molecule has 8 nitrogen and oxygen atoms in total. The summed E-state index contributed by atoms with van der Waals surface area (Å²) in [4.78, 5) is 22.3. The standard InChI is InChI=1S/C12H15N3O5/c1-2-3-20-12(18)14-9-6-19-7-10(9)15-5-8(4-13-15)11(16)17/h2,4-5,9-10H,1,3,6-7H2,(H,14,18)(H,16,17)/t9-,10+/m0/s1. The zero-order valence-corrected chi connectivity index (χ0v) is 10.7. The van der Waals surface area contributed by atoms with Gasteiger partial charge in [0, 0.05) is 6.20 Å². The molecule has 8 heteroatoms. The summed E-state index contributed by atoms with van der Waals surface area (Å²) >= 11 is 0. The van der Waals surface area contributed by atoms with Crippen LogP contribution in [-0.4, -0.2) is 52.8 Å². The molecule has 2 heterocycles. The van der Waals surface area contributed by atoms with Crippen LogP contribution in [0.1, 0.15) is 16.4 Å². The molecule has 108 valence electrons. The van der Waals surface area contributed by atoms with Crippen molar-refractivity contribution in [2.24, 2.45) is 0 Å². The van der Waals surface area contributed by atoms with Gasteiger partial charge in [-0.2, -0.15) is 5.10 Å². The van der Waals surface area contributed by atoms with Crippen LogP contribution in [0.4, 0.5) is 4.79 Å². The lowest BCUT2D eigenvalue weighted by Gasteiger charge is -2.18. The second-order valence-corrected chi connectivity index (χ2v) is 4.26. The fraction of sp³-hybridized carbons (Fsp3) is 0.417. The maximum Gasteiger partial charge on any atom is 0.407 e. The Kier molecular flexibility index (Phi) is 4.36. The molecule has 1 aliphatic heterocycles. The molecule has 0 aliphatic carbocycles. The van der Waals surface area contributed by atoms with Crippen LogP contribution in [0.25, 0.3) is 0 Å². The molecule has 0 unspecified atom stereocenters. The van der Waals surface area contributed by atoms with Crippen molar-refractivity contribution in [3.8, 4) is 0 Å². The maximum atomic E-state index is 11.5. The molecule has 0 saturated carbocycles. The van der Waals surface area contributed by atoms with E-state index in [-0.39, 0.29) is 24.3 Å². The predicted octanol–water partition coefficient (Wildman–Crippen LogP) is 0.433. The number of carboxylic acid groups (broad SMARTS) is 1. The van der Waals surface area contributed by atoms with E-state index in [1.807, 2.05) is 0 Å². The minimum absolute atomic E-state index is 0.0879. The van der Waals surface area contributed by atoms with Gasteiger partial charge in [-0.25, -0.2) is 9.59 Å². The van der Waals surface area contributed by atoms with E-state index in [0.717, 1.165) is 0 Å². The molecule has 0 spiro atoms. The number of aromatic carboxylic acids is 1. The third-order valence-corrected chi connectivity index (χ3v) is 2.87. The molecule has 1 aliphatic rings. The van der Waals surface area contributed by atoms with E-state index in [0.29, 0.717) is 13.2 Å². The van der Waals surface area contributed by atoms with Crippen molar-refractivity contribution in [2.45, 2.75) is 12.1 Å². The Morgan fingerprint density at radius 1 is 1.65 bits per heavy atom. The van der Waals surface area contributed by atoms with Gasteiger partial charge >= 0.3 is 12.1 Å². The lowest BCUT2D eigenvalue weighted by molar-refractivity contribution is 0.0696. The summed E-state index contributed by atoms with van der Waals surface area (Å²) in [5.41, 5.74) is 0.0879. The number of carbonyl (C=O) groups is 2. The first-order valence-electron chi connectivity index (χ1n) is 6.01. The monoisotopic (exact) mass is 281 g/mol. The Morgan fingerprint density at radius 2 is 2.45 bits per heavy atom. The topological polar surface area (TPSA) is 103 Å². The van der Waals surface area contributed by atoms with Crippen molar-refractivity contribution in [3.63, 3.8) is 0 Å². The highest BCUT2D eigenvalue weighted by atomic mass is 16.5. The molecular formula is C12H15N3O5. The van der Waals surface area contributed by atoms with Gasteiger partial charge in [-0.3, -0.25) is 4.68 Å². The Balaban J connectivity index is 2.00. The SMILES string of the molecule is C=CCOC(=O)N[C@H]1COC[C@H]1n1cc(C(=O)O)cn1. The van der Waals surface area contributed by atoms with Crippen LogP contribution in [0.15, 0.2) is 25.0 Å². The third-order valence-electron chi connectivity index (χ3n) is 2.87. The van der Waals surface area contributed by atoms with Crippen molar-refractivity contribution in [2.75, 3.05) is 19.8 Å². The van der Waals surface area contributed by atoms with E-state index in [4.69, 9.17) is 14.6 Å². The highest BCUT2D eigenvalue weighted by molar-refractivity contribution is 5.86. The van der Waals surface area contributed by atoms with Crippen molar-refractivity contribution in [1.29, 1.82) is 0 Å². The van der Waals surface area contributed by atoms with Crippen molar-refractivity contribution in [1.82, 2.24) is 15.1 Å². The Hall–Kier alpha value is -2.35. The van der Waals surface area contributed by atoms with Crippen LogP contribution in [0.3, 0.4) is 0 Å². The van der Waals surface area contributed by atoms with E-state index in [1.54, 1.807) is 0 Å². The molecule has 0 bridgehead atoms. The van der Waals surface area contributed by atoms with Crippen LogP contribution >= 0.6 is 0 Å². The summed E-state index contributed by atoms with van der Waals surface area (Å²) in [7, 11) is 0. The molecular weight excluding hydrogens is 266 g/mol. The molecule has 20 heavy (non-hydrogen) atoms. The van der Waals surface area contributed by atoms with E-state index < -0.39 is 12.1 Å². The number of hydrogen-bond acceptors (Lipinski definition) is 5. The lowest BCUT2D eigenvalue weighted by atomic mass is 10.2. The first-order valence-corrected chi connectivity index (χ1v) is 6.01. The zero-order chi connectivity index (χ0) is 14.5. The number of nitrogens with zero attached hydrogens (tertiary/aromatic N) is 2. The third kappa shape index (κ3) is 3.15. The highest BCUT2D eigenvalue weighted by Gasteiger charge is 2.32. The molecule has 2 rings (SSSR count). The number of alkyl carbamates (subject to hydrolysis) is 1. The lowest BCUT2D eigenvalue weighted by Crippen LogP contribution is -2.41. The molecule has 0 radical (unpaired) electrons. The summed E-state index contributed by atoms with van der Waals surface area (Å²) in [6, 6.07) is -0.590. The first kappa shape index (κ1) is 14.1. The summed E-state index contributed by atoms with van der Waals surface area (Å²) < 4.78 is 11.6. The number of nitrogens with one attached hydrogen (secondary N) is 1. The smallest absolute Gasteiger partial charge is 0.407 e. The van der Waals surface area contributed by atoms with E-state index >= 15 is 0 Å². The van der Waals surface area contributed by atoms with Gasteiger partial charge in [-0.05, 0) is 0 Å². The number of aromatic nitrogens is 2. The van der Waals surface area contributed by atoms with E-state index in [1.165, 1.54) is 23.2 Å². The number of rotatable bonds is 5. The minimum Gasteiger partial charge on any atom is -0.478 e. The first-order chi connectivity index (χ1) is 9.61. The second kappa shape index (κ2) is 6.20. The average molecular weight is 281 g/mol. The molecule has 1 aromatic heterocycles. The number of amides is 1. The van der Waals surface area contributed by atoms with Gasteiger partial charge in [0.05, 0.1) is 37.1 Å². The van der Waals surface area contributed by atoms with Crippen LogP contribution in [0.2, 0.25) is 0 Å². The Labute approximate surface area is 115 Å². The quantitative estimate of drug-likeness (QED) is 0.759. The fourth-order valence-corrected chi connectivity index (χ4v) is 1.90. The van der Waals surface area contributed by atoms with Gasteiger partial charge in [-0.15, -0.1) is 0 Å². The largest absolute Gasteiger partial charge is 0.478 e. The molecule has 0 aromatic carbocycles. The summed E-state index contributed by atoms with van der Waals surface area (Å²) in [5.74, 6) is -1.05. The van der Waals surface area contributed by atoms with Crippen LogP contribution in [-0.2, 0) is 9.47 Å². The number of carboxylic acids is 1. The zero-order valence-electron chi connectivity index (χ0n) is 10.7. The van der Waals surface area contributed by atoms with E-state index in [2.05, 4.69) is 17.0 Å². The molecule has 1 fully saturated rings. The number of hydrogen-bond donors (Lipinski definition) is 2. The molecule has 1 saturated heterocycles. The molecule has 2 atom stereocenters. The van der Waals surface area contributed by atoms with Crippen LogP contribution in [0.5, 0.6) is 0 Å². The highest BCUT2D eigenvalue weighted by Crippen LogP contribution is 2.19. The number of ether oxygens (including phenoxy) is 2. The predicted molar refractivity (Wildman–Crippen MR) is 67.5 cm³/mol. The van der Waals surface area contributed by atoms with Crippen molar-refractivity contribution < 1.29 is 24.2 Å². The van der Waals surface area contributed by atoms with Gasteiger partial charge < -0.3 is 19.9 Å². The van der Waals surface area contributed by atoms with Crippen LogP contribution < -0.4 is 5.32 Å². The molecule has 2 N–H and O–H groups in total. The Bertz CT molecular complexity index is 513. The normalized spacial score (nSPS) is 21.4. The van der Waals surface area contributed by atoms with Gasteiger partial charge in [0.25, 0.3) is 0 Å². The van der Waals surface area contributed by atoms with Gasteiger partial charge in [0.1, 0.15) is 6.61 Å². The average Bonchev–Trinajstić information content (AvgIpc) is 3.04. The van der Waals surface area contributed by atoms with Gasteiger partial charge in [-0.1, -0.05) is 12.7 Å². The molecule has 1 aromatic rings. The van der Waals surface area contributed by atoms with Crippen LogP contribution in [0, 0.1) is 0 Å². The Morgan fingerprint density at radius 3 is 3.10 bits per heavy atom.